The van der Waals surface area contributed by atoms with Crippen LogP contribution in [0.4, 0.5) is 5.69 Å². The highest BCUT2D eigenvalue weighted by Gasteiger charge is 2.24. The van der Waals surface area contributed by atoms with Crippen molar-refractivity contribution in [3.05, 3.63) is 53.0 Å². The van der Waals surface area contributed by atoms with Crippen molar-refractivity contribution in [2.24, 2.45) is 4.99 Å². The zero-order chi connectivity index (χ0) is 18.5. The molecule has 3 N–H and O–H groups in total. The lowest BCUT2D eigenvalue weighted by Crippen LogP contribution is -2.40. The van der Waals surface area contributed by atoms with Gasteiger partial charge in [-0.05, 0) is 38.5 Å². The molecule has 6 nitrogen and oxygen atoms in total. The number of aliphatic imine (C=N–C) groups is 1. The molecule has 2 aromatic rings. The number of rotatable bonds is 5. The van der Waals surface area contributed by atoms with E-state index in [9.17, 15) is 4.79 Å². The van der Waals surface area contributed by atoms with Gasteiger partial charge < -0.3 is 20.4 Å². The molecule has 1 aliphatic rings. The van der Waals surface area contributed by atoms with Crippen LogP contribution < -0.4 is 16.0 Å². The number of hydrogen-bond donors (Lipinski definition) is 3. The average Bonchev–Trinajstić information content (AvgIpc) is 2.94. The second kappa shape index (κ2) is 8.08. The largest absolute Gasteiger partial charge is 0.466 e. The van der Waals surface area contributed by atoms with Crippen molar-refractivity contribution in [3.8, 4) is 0 Å². The number of nitrogens with one attached hydrogen (secondary N) is 3. The van der Waals surface area contributed by atoms with Gasteiger partial charge >= 0.3 is 0 Å². The summed E-state index contributed by atoms with van der Waals surface area (Å²) < 4.78 is 5.56. The minimum absolute atomic E-state index is 0.0573. The van der Waals surface area contributed by atoms with E-state index in [0.717, 1.165) is 40.8 Å². The number of anilines is 1. The van der Waals surface area contributed by atoms with Crippen LogP contribution >= 0.6 is 0 Å². The lowest BCUT2D eigenvalue weighted by atomic mass is 9.90. The molecule has 1 aromatic carbocycles. The summed E-state index contributed by atoms with van der Waals surface area (Å²) in [7, 11) is 0. The average molecular weight is 354 g/mol. The maximum absolute atomic E-state index is 12.0. The van der Waals surface area contributed by atoms with Crippen molar-refractivity contribution in [2.75, 3.05) is 18.4 Å². The molecule has 1 aromatic heterocycles. The third-order valence-corrected chi connectivity index (χ3v) is 4.52. The van der Waals surface area contributed by atoms with Gasteiger partial charge in [-0.1, -0.05) is 18.2 Å². The van der Waals surface area contributed by atoms with E-state index < -0.39 is 0 Å². The van der Waals surface area contributed by atoms with Crippen molar-refractivity contribution >= 4 is 17.6 Å². The first kappa shape index (κ1) is 18.0. The molecule has 3 rings (SSSR count). The number of carbonyl (C=O) groups excluding carboxylic acids is 1. The van der Waals surface area contributed by atoms with Crippen LogP contribution in [0, 0.1) is 13.8 Å². The predicted octanol–water partition coefficient (Wildman–Crippen LogP) is 3.08. The molecule has 0 bridgehead atoms. The van der Waals surface area contributed by atoms with Crippen LogP contribution in [-0.4, -0.2) is 25.0 Å². The van der Waals surface area contributed by atoms with E-state index in [2.05, 4.69) is 27.0 Å². The third-order valence-electron chi connectivity index (χ3n) is 4.52. The molecule has 0 spiro atoms. The number of para-hydroxylation sites is 1. The minimum atomic E-state index is 0.0573. The van der Waals surface area contributed by atoms with Crippen LogP contribution in [-0.2, 0) is 11.3 Å². The summed E-state index contributed by atoms with van der Waals surface area (Å²) >= 11 is 0. The summed E-state index contributed by atoms with van der Waals surface area (Å²) in [6.45, 7) is 7.91. The summed E-state index contributed by atoms with van der Waals surface area (Å²) in [6, 6.07) is 9.98. The Morgan fingerprint density at radius 3 is 2.85 bits per heavy atom. The summed E-state index contributed by atoms with van der Waals surface area (Å²) in [6.07, 6.45) is 0.476. The van der Waals surface area contributed by atoms with Crippen LogP contribution in [0.2, 0.25) is 0 Å². The number of aryl methyl sites for hydroxylation is 2. The SMILES string of the molecule is CCNC(=NCc1cc(C)oc1C)NCC1CC(=O)Nc2ccccc21. The number of furan rings is 1. The molecule has 26 heavy (non-hydrogen) atoms. The van der Waals surface area contributed by atoms with Crippen LogP contribution in [0.15, 0.2) is 39.7 Å². The molecule has 1 atom stereocenters. The Labute approximate surface area is 154 Å². The number of carbonyl (C=O) groups is 1. The normalized spacial score (nSPS) is 16.8. The van der Waals surface area contributed by atoms with Gasteiger partial charge in [0.15, 0.2) is 5.96 Å². The van der Waals surface area contributed by atoms with Gasteiger partial charge in [-0.25, -0.2) is 4.99 Å². The molecular weight excluding hydrogens is 328 g/mol. The number of fused-ring (bicyclic) bond motifs is 1. The second-order valence-corrected chi connectivity index (χ2v) is 6.55. The number of guanidine groups is 1. The van der Waals surface area contributed by atoms with Crippen molar-refractivity contribution < 1.29 is 9.21 Å². The fourth-order valence-corrected chi connectivity index (χ4v) is 3.25. The summed E-state index contributed by atoms with van der Waals surface area (Å²) in [4.78, 5) is 16.6. The predicted molar refractivity (Wildman–Crippen MR) is 103 cm³/mol. The fraction of sp³-hybridized carbons (Fsp3) is 0.400. The standard InChI is InChI=1S/C20H26N4O2/c1-4-21-20(22-11-15-9-13(2)26-14(15)3)23-12-16-10-19(25)24-18-8-6-5-7-17(16)18/h5-9,16H,4,10-12H2,1-3H3,(H,24,25)(H2,21,22,23). The van der Waals surface area contributed by atoms with Crippen molar-refractivity contribution in [1.29, 1.82) is 0 Å². The van der Waals surface area contributed by atoms with Crippen molar-refractivity contribution in [2.45, 2.75) is 39.7 Å². The van der Waals surface area contributed by atoms with Crippen LogP contribution in [0.5, 0.6) is 0 Å². The van der Waals surface area contributed by atoms with Crippen molar-refractivity contribution in [1.82, 2.24) is 10.6 Å². The van der Waals surface area contributed by atoms with E-state index in [-0.39, 0.29) is 11.8 Å². The molecule has 0 aliphatic carbocycles. The molecular formula is C20H26N4O2. The lowest BCUT2D eigenvalue weighted by molar-refractivity contribution is -0.116. The van der Waals surface area contributed by atoms with E-state index >= 15 is 0 Å². The Morgan fingerprint density at radius 2 is 2.12 bits per heavy atom. The van der Waals surface area contributed by atoms with Gasteiger partial charge in [-0.15, -0.1) is 0 Å². The Morgan fingerprint density at radius 1 is 1.31 bits per heavy atom. The number of amides is 1. The summed E-state index contributed by atoms with van der Waals surface area (Å²) in [5, 5.41) is 9.57. The lowest BCUT2D eigenvalue weighted by Gasteiger charge is -2.26. The Kier molecular flexibility index (Phi) is 5.61. The molecule has 0 saturated heterocycles. The monoisotopic (exact) mass is 354 g/mol. The summed E-state index contributed by atoms with van der Waals surface area (Å²) in [5.41, 5.74) is 3.15. The van der Waals surface area contributed by atoms with Gasteiger partial charge in [0.1, 0.15) is 11.5 Å². The first-order chi connectivity index (χ1) is 12.6. The van der Waals surface area contributed by atoms with Crippen LogP contribution in [0.25, 0.3) is 0 Å². The molecule has 1 unspecified atom stereocenters. The molecule has 1 aliphatic heterocycles. The highest BCUT2D eigenvalue weighted by Crippen LogP contribution is 2.31. The number of benzene rings is 1. The van der Waals surface area contributed by atoms with E-state index in [4.69, 9.17) is 4.42 Å². The van der Waals surface area contributed by atoms with E-state index in [1.807, 2.05) is 45.0 Å². The van der Waals surface area contributed by atoms with Gasteiger partial charge in [-0.2, -0.15) is 0 Å². The molecule has 2 heterocycles. The fourth-order valence-electron chi connectivity index (χ4n) is 3.25. The Hall–Kier alpha value is -2.76. The third kappa shape index (κ3) is 4.25. The zero-order valence-electron chi connectivity index (χ0n) is 15.6. The molecule has 1 amide bonds. The van der Waals surface area contributed by atoms with Crippen LogP contribution in [0.3, 0.4) is 0 Å². The highest BCUT2D eigenvalue weighted by molar-refractivity contribution is 5.94. The van der Waals surface area contributed by atoms with Gasteiger partial charge in [0.05, 0.1) is 6.54 Å². The molecule has 0 fully saturated rings. The highest BCUT2D eigenvalue weighted by atomic mass is 16.3. The minimum Gasteiger partial charge on any atom is -0.466 e. The van der Waals surface area contributed by atoms with Gasteiger partial charge in [0.2, 0.25) is 5.91 Å². The van der Waals surface area contributed by atoms with E-state index in [1.165, 1.54) is 0 Å². The number of hydrogen-bond acceptors (Lipinski definition) is 3. The maximum atomic E-state index is 12.0. The Bertz CT molecular complexity index is 810. The maximum Gasteiger partial charge on any atom is 0.225 e. The molecule has 6 heteroatoms. The van der Waals surface area contributed by atoms with E-state index in [1.54, 1.807) is 0 Å². The molecule has 0 saturated carbocycles. The molecule has 138 valence electrons. The molecule has 0 radical (unpaired) electrons. The second-order valence-electron chi connectivity index (χ2n) is 6.55. The Balaban J connectivity index is 1.68. The van der Waals surface area contributed by atoms with Gasteiger partial charge in [0, 0.05) is 36.7 Å². The van der Waals surface area contributed by atoms with Crippen molar-refractivity contribution in [3.63, 3.8) is 0 Å². The first-order valence-corrected chi connectivity index (χ1v) is 9.03. The van der Waals surface area contributed by atoms with Gasteiger partial charge in [0.25, 0.3) is 0 Å². The topological polar surface area (TPSA) is 78.7 Å². The summed E-state index contributed by atoms with van der Waals surface area (Å²) in [5.74, 6) is 2.73. The van der Waals surface area contributed by atoms with Gasteiger partial charge in [-0.3, -0.25) is 4.79 Å². The van der Waals surface area contributed by atoms with Crippen LogP contribution in [0.1, 0.15) is 41.9 Å². The quantitative estimate of drug-likeness (QED) is 0.569. The smallest absolute Gasteiger partial charge is 0.225 e. The van der Waals surface area contributed by atoms with E-state index in [0.29, 0.717) is 19.5 Å². The first-order valence-electron chi connectivity index (χ1n) is 9.03. The zero-order valence-corrected chi connectivity index (χ0v) is 15.6. The number of nitrogens with zero attached hydrogens (tertiary/aromatic N) is 1.